The highest BCUT2D eigenvalue weighted by Gasteiger charge is 1.94. The minimum Gasteiger partial charge on any atom is -0.155 e. The fourth-order valence-electron chi connectivity index (χ4n) is 0.856. The third-order valence-corrected chi connectivity index (χ3v) is 2.18. The molecule has 0 aliphatic carbocycles. The van der Waals surface area contributed by atoms with E-state index in [9.17, 15) is 0 Å². The molecule has 0 spiro atoms. The number of nitrogens with zero attached hydrogens (tertiary/aromatic N) is 2. The molecule has 0 unspecified atom stereocenters. The van der Waals surface area contributed by atoms with Crippen molar-refractivity contribution >= 4 is 21.6 Å². The maximum Gasteiger partial charge on any atom is 0.104 e. The lowest BCUT2D eigenvalue weighted by Gasteiger charge is -1.87. The van der Waals surface area contributed by atoms with E-state index >= 15 is 0 Å². The monoisotopic (exact) mass is 150 g/mol. The van der Waals surface area contributed by atoms with Crippen molar-refractivity contribution < 1.29 is 0 Å². The maximum absolute atomic E-state index is 4.00. The maximum atomic E-state index is 4.00. The number of fused-ring (bicyclic) bond motifs is 1. The first-order valence-electron chi connectivity index (χ1n) is 3.04. The summed E-state index contributed by atoms with van der Waals surface area (Å²) in [6.45, 7) is 1.95. The Morgan fingerprint density at radius 1 is 1.40 bits per heavy atom. The standard InChI is InChI=1S/C7H6N2S/c1-5-4-7-6(9-8-5)2-3-10-7/h2-4H,1H3. The summed E-state index contributed by atoms with van der Waals surface area (Å²) in [5, 5.41) is 9.96. The van der Waals surface area contributed by atoms with E-state index in [1.165, 1.54) is 4.70 Å². The van der Waals surface area contributed by atoms with Gasteiger partial charge in [-0.25, -0.2) is 0 Å². The molecule has 0 fully saturated rings. The zero-order valence-electron chi connectivity index (χ0n) is 5.53. The summed E-state index contributed by atoms with van der Waals surface area (Å²) in [6, 6.07) is 4.03. The molecule has 0 atom stereocenters. The lowest BCUT2D eigenvalue weighted by atomic mass is 10.4. The highest BCUT2D eigenvalue weighted by Crippen LogP contribution is 2.17. The fraction of sp³-hybridized carbons (Fsp3) is 0.143. The van der Waals surface area contributed by atoms with Crippen LogP contribution in [0.1, 0.15) is 5.69 Å². The van der Waals surface area contributed by atoms with Gasteiger partial charge in [-0.05, 0) is 24.4 Å². The molecule has 0 N–H and O–H groups in total. The van der Waals surface area contributed by atoms with Crippen LogP contribution in [0, 0.1) is 6.92 Å². The van der Waals surface area contributed by atoms with Crippen molar-refractivity contribution in [3.05, 3.63) is 23.2 Å². The molecule has 2 aromatic heterocycles. The third-order valence-electron chi connectivity index (χ3n) is 1.33. The second-order valence-corrected chi connectivity index (χ2v) is 3.10. The molecule has 50 valence electrons. The highest BCUT2D eigenvalue weighted by atomic mass is 32.1. The topological polar surface area (TPSA) is 25.8 Å². The molecular formula is C7H6N2S. The van der Waals surface area contributed by atoms with Crippen LogP contribution in [-0.2, 0) is 0 Å². The van der Waals surface area contributed by atoms with Crippen LogP contribution in [0.25, 0.3) is 10.2 Å². The van der Waals surface area contributed by atoms with E-state index < -0.39 is 0 Å². The zero-order valence-corrected chi connectivity index (χ0v) is 6.35. The Hall–Kier alpha value is -0.960. The van der Waals surface area contributed by atoms with Crippen molar-refractivity contribution in [2.24, 2.45) is 0 Å². The molecule has 10 heavy (non-hydrogen) atoms. The Balaban J connectivity index is 2.86. The molecule has 0 saturated heterocycles. The number of rotatable bonds is 0. The Morgan fingerprint density at radius 2 is 2.30 bits per heavy atom. The minimum atomic E-state index is 0.981. The zero-order chi connectivity index (χ0) is 6.97. The average molecular weight is 150 g/mol. The van der Waals surface area contributed by atoms with E-state index in [4.69, 9.17) is 0 Å². The average Bonchev–Trinajstić information content (AvgIpc) is 2.33. The summed E-state index contributed by atoms with van der Waals surface area (Å²) >= 11 is 1.70. The molecule has 0 aliphatic rings. The van der Waals surface area contributed by atoms with E-state index in [1.807, 2.05) is 24.4 Å². The van der Waals surface area contributed by atoms with Gasteiger partial charge in [0.25, 0.3) is 0 Å². The molecule has 3 heteroatoms. The van der Waals surface area contributed by atoms with Crippen molar-refractivity contribution in [1.29, 1.82) is 0 Å². The van der Waals surface area contributed by atoms with Crippen LogP contribution >= 0.6 is 11.3 Å². The Morgan fingerprint density at radius 3 is 3.20 bits per heavy atom. The first-order chi connectivity index (χ1) is 4.86. The van der Waals surface area contributed by atoms with Gasteiger partial charge in [0, 0.05) is 0 Å². The molecule has 2 nitrogen and oxygen atoms in total. The van der Waals surface area contributed by atoms with Crippen LogP contribution < -0.4 is 0 Å². The Labute approximate surface area is 62.5 Å². The van der Waals surface area contributed by atoms with E-state index in [0.29, 0.717) is 0 Å². The molecule has 2 rings (SSSR count). The van der Waals surface area contributed by atoms with Gasteiger partial charge in [-0.1, -0.05) is 0 Å². The van der Waals surface area contributed by atoms with Crippen LogP contribution in [-0.4, -0.2) is 10.2 Å². The molecule has 0 aliphatic heterocycles. The molecular weight excluding hydrogens is 144 g/mol. The SMILES string of the molecule is Cc1cc2sccc2nn1. The Kier molecular flexibility index (Phi) is 1.17. The number of hydrogen-bond donors (Lipinski definition) is 0. The summed E-state index contributed by atoms with van der Waals surface area (Å²) in [7, 11) is 0. The van der Waals surface area contributed by atoms with Crippen LogP contribution in [0.5, 0.6) is 0 Å². The van der Waals surface area contributed by atoms with Crippen LogP contribution in [0.2, 0.25) is 0 Å². The second kappa shape index (κ2) is 2.02. The van der Waals surface area contributed by atoms with E-state index in [0.717, 1.165) is 11.2 Å². The summed E-state index contributed by atoms with van der Waals surface area (Å²) in [4.78, 5) is 0. The van der Waals surface area contributed by atoms with Gasteiger partial charge >= 0.3 is 0 Å². The molecule has 2 heterocycles. The molecule has 0 radical (unpaired) electrons. The van der Waals surface area contributed by atoms with Crippen molar-refractivity contribution in [1.82, 2.24) is 10.2 Å². The number of aryl methyl sites for hydroxylation is 1. The van der Waals surface area contributed by atoms with Gasteiger partial charge in [0.05, 0.1) is 10.4 Å². The molecule has 0 amide bonds. The smallest absolute Gasteiger partial charge is 0.104 e. The van der Waals surface area contributed by atoms with Crippen molar-refractivity contribution in [2.75, 3.05) is 0 Å². The first-order valence-corrected chi connectivity index (χ1v) is 3.92. The summed E-state index contributed by atoms with van der Waals surface area (Å²) in [5.41, 5.74) is 1.98. The number of aromatic nitrogens is 2. The highest BCUT2D eigenvalue weighted by molar-refractivity contribution is 7.17. The predicted molar refractivity (Wildman–Crippen MR) is 42.2 cm³/mol. The van der Waals surface area contributed by atoms with Crippen molar-refractivity contribution in [3.63, 3.8) is 0 Å². The van der Waals surface area contributed by atoms with Crippen LogP contribution in [0.4, 0.5) is 0 Å². The normalized spacial score (nSPS) is 10.5. The third kappa shape index (κ3) is 0.789. The molecule has 0 bridgehead atoms. The Bertz CT molecular complexity index is 353. The van der Waals surface area contributed by atoms with E-state index in [-0.39, 0.29) is 0 Å². The lowest BCUT2D eigenvalue weighted by molar-refractivity contribution is 1.02. The predicted octanol–water partition coefficient (Wildman–Crippen LogP) is 2.00. The summed E-state index contributed by atoms with van der Waals surface area (Å²) < 4.78 is 1.22. The summed E-state index contributed by atoms with van der Waals surface area (Å²) in [5.74, 6) is 0. The van der Waals surface area contributed by atoms with Gasteiger partial charge in [0.1, 0.15) is 5.52 Å². The fourth-order valence-corrected chi connectivity index (χ4v) is 1.67. The van der Waals surface area contributed by atoms with Crippen LogP contribution in [0.3, 0.4) is 0 Å². The first kappa shape index (κ1) is 5.80. The molecule has 0 saturated carbocycles. The number of thiophene rings is 1. The van der Waals surface area contributed by atoms with Gasteiger partial charge in [-0.3, -0.25) is 0 Å². The van der Waals surface area contributed by atoms with E-state index in [1.54, 1.807) is 11.3 Å². The molecule has 2 aromatic rings. The van der Waals surface area contributed by atoms with Crippen molar-refractivity contribution in [3.8, 4) is 0 Å². The van der Waals surface area contributed by atoms with Gasteiger partial charge in [0.2, 0.25) is 0 Å². The quantitative estimate of drug-likeness (QED) is 0.574. The largest absolute Gasteiger partial charge is 0.155 e. The van der Waals surface area contributed by atoms with Gasteiger partial charge in [-0.15, -0.1) is 16.4 Å². The van der Waals surface area contributed by atoms with Crippen molar-refractivity contribution in [2.45, 2.75) is 6.92 Å². The number of hydrogen-bond acceptors (Lipinski definition) is 3. The van der Waals surface area contributed by atoms with Gasteiger partial charge in [-0.2, -0.15) is 5.10 Å². The van der Waals surface area contributed by atoms with Gasteiger partial charge in [0.15, 0.2) is 0 Å². The van der Waals surface area contributed by atoms with Gasteiger partial charge < -0.3 is 0 Å². The molecule has 0 aromatic carbocycles. The summed E-state index contributed by atoms with van der Waals surface area (Å²) in [6.07, 6.45) is 0. The van der Waals surface area contributed by atoms with Crippen LogP contribution in [0.15, 0.2) is 17.5 Å². The lowest BCUT2D eigenvalue weighted by Crippen LogP contribution is -1.82. The minimum absolute atomic E-state index is 0.981. The second-order valence-electron chi connectivity index (χ2n) is 2.16. The van der Waals surface area contributed by atoms with E-state index in [2.05, 4.69) is 10.2 Å².